The summed E-state index contributed by atoms with van der Waals surface area (Å²) < 4.78 is 36.7. The zero-order valence-corrected chi connectivity index (χ0v) is 20.5. The van der Waals surface area contributed by atoms with Gasteiger partial charge in [-0.15, -0.1) is 0 Å². The van der Waals surface area contributed by atoms with Gasteiger partial charge in [-0.2, -0.15) is 10.2 Å². The summed E-state index contributed by atoms with van der Waals surface area (Å²) in [6.07, 6.45) is 7.22. The van der Waals surface area contributed by atoms with Crippen molar-refractivity contribution in [2.24, 2.45) is 0 Å². The summed E-state index contributed by atoms with van der Waals surface area (Å²) in [5.41, 5.74) is 2.47. The van der Waals surface area contributed by atoms with Gasteiger partial charge < -0.3 is 20.3 Å². The fraction of sp³-hybridized carbons (Fsp3) is 0.423. The average Bonchev–Trinajstić information content (AvgIpc) is 3.50. The number of ether oxygens (including phenoxy) is 1. The predicted molar refractivity (Wildman–Crippen MR) is 134 cm³/mol. The molecule has 1 aromatic carbocycles. The second kappa shape index (κ2) is 10.8. The number of aliphatic hydroxyl groups is 2. The van der Waals surface area contributed by atoms with Crippen LogP contribution in [0, 0.1) is 11.6 Å². The molecular formula is C26H30F2N6O3. The van der Waals surface area contributed by atoms with E-state index < -0.39 is 17.7 Å². The van der Waals surface area contributed by atoms with Crippen LogP contribution in [-0.4, -0.2) is 60.1 Å². The standard InChI is InChI=1S/C26H30F2N6O3/c1-2-29-25-10-23-21(12-30-25)26(16-11-31-33(13-16)14-19(36)15-35)32-34(23)18-4-6-20(7-5-18)37-24-8-3-17(27)9-22(24)28/h3,8-13,18-20,35-36H,2,4-7,14-15H2,1H3,(H,29,30)/t18?,19-,20?/m0/s1. The normalized spacial score (nSPS) is 18.7. The lowest BCUT2D eigenvalue weighted by molar-refractivity contribution is 0.0783. The molecule has 3 aromatic heterocycles. The Labute approximate surface area is 212 Å². The van der Waals surface area contributed by atoms with Crippen molar-refractivity contribution < 1.29 is 23.7 Å². The van der Waals surface area contributed by atoms with Gasteiger partial charge in [0.05, 0.1) is 43.1 Å². The van der Waals surface area contributed by atoms with Crippen molar-refractivity contribution in [3.63, 3.8) is 0 Å². The molecule has 0 amide bonds. The first-order chi connectivity index (χ1) is 17.9. The minimum absolute atomic E-state index is 0.0707. The largest absolute Gasteiger partial charge is 0.487 e. The number of aromatic nitrogens is 5. The maximum Gasteiger partial charge on any atom is 0.167 e. The number of aliphatic hydroxyl groups excluding tert-OH is 2. The van der Waals surface area contributed by atoms with Crippen LogP contribution in [0.25, 0.3) is 22.2 Å². The third kappa shape index (κ3) is 5.42. The lowest BCUT2D eigenvalue weighted by Gasteiger charge is -2.29. The number of nitrogens with zero attached hydrogens (tertiary/aromatic N) is 5. The number of nitrogens with one attached hydrogen (secondary N) is 1. The van der Waals surface area contributed by atoms with Gasteiger partial charge in [0.2, 0.25) is 0 Å². The van der Waals surface area contributed by atoms with Crippen molar-refractivity contribution in [2.75, 3.05) is 18.5 Å². The van der Waals surface area contributed by atoms with Crippen LogP contribution >= 0.6 is 0 Å². The van der Waals surface area contributed by atoms with Crippen LogP contribution in [0.2, 0.25) is 0 Å². The Bertz CT molecular complexity index is 1370. The molecule has 1 aliphatic carbocycles. The molecule has 0 saturated heterocycles. The summed E-state index contributed by atoms with van der Waals surface area (Å²) in [4.78, 5) is 4.54. The fourth-order valence-corrected chi connectivity index (χ4v) is 4.82. The van der Waals surface area contributed by atoms with Gasteiger partial charge in [-0.05, 0) is 44.7 Å². The molecule has 37 heavy (non-hydrogen) atoms. The van der Waals surface area contributed by atoms with Crippen LogP contribution in [0.1, 0.15) is 38.6 Å². The second-order valence-corrected chi connectivity index (χ2v) is 9.32. The van der Waals surface area contributed by atoms with E-state index in [0.29, 0.717) is 12.8 Å². The quantitative estimate of drug-likeness (QED) is 0.312. The van der Waals surface area contributed by atoms with E-state index in [2.05, 4.69) is 15.4 Å². The number of pyridine rings is 1. The zero-order chi connectivity index (χ0) is 25.9. The molecule has 1 atom stereocenters. The summed E-state index contributed by atoms with van der Waals surface area (Å²) in [6, 6.07) is 5.47. The lowest BCUT2D eigenvalue weighted by atomic mass is 9.93. The van der Waals surface area contributed by atoms with Crippen LogP contribution in [0.5, 0.6) is 5.75 Å². The topological polar surface area (TPSA) is 110 Å². The number of anilines is 1. The summed E-state index contributed by atoms with van der Waals surface area (Å²) in [7, 11) is 0. The van der Waals surface area contributed by atoms with Gasteiger partial charge in [0.1, 0.15) is 17.3 Å². The minimum Gasteiger partial charge on any atom is -0.487 e. The maximum absolute atomic E-state index is 14.1. The molecule has 3 heterocycles. The highest BCUT2D eigenvalue weighted by atomic mass is 19.1. The van der Waals surface area contributed by atoms with Gasteiger partial charge in [-0.25, -0.2) is 13.8 Å². The molecule has 1 fully saturated rings. The monoisotopic (exact) mass is 512 g/mol. The molecule has 9 nitrogen and oxygen atoms in total. The van der Waals surface area contributed by atoms with Crippen LogP contribution in [0.3, 0.4) is 0 Å². The molecule has 0 bridgehead atoms. The Hall–Kier alpha value is -3.57. The number of rotatable bonds is 9. The highest BCUT2D eigenvalue weighted by Crippen LogP contribution is 2.36. The molecule has 196 valence electrons. The van der Waals surface area contributed by atoms with Crippen LogP contribution in [0.4, 0.5) is 14.6 Å². The Balaban J connectivity index is 1.39. The highest BCUT2D eigenvalue weighted by molar-refractivity contribution is 5.93. The van der Waals surface area contributed by atoms with E-state index in [1.807, 2.05) is 17.7 Å². The average molecular weight is 513 g/mol. The molecule has 0 spiro atoms. The van der Waals surface area contributed by atoms with E-state index in [-0.39, 0.29) is 31.0 Å². The van der Waals surface area contributed by atoms with E-state index in [9.17, 15) is 13.9 Å². The van der Waals surface area contributed by atoms with E-state index in [1.165, 1.54) is 12.1 Å². The number of hydrogen-bond donors (Lipinski definition) is 3. The van der Waals surface area contributed by atoms with Crippen molar-refractivity contribution >= 4 is 16.7 Å². The molecular weight excluding hydrogens is 482 g/mol. The first-order valence-electron chi connectivity index (χ1n) is 12.5. The first kappa shape index (κ1) is 25.1. The summed E-state index contributed by atoms with van der Waals surface area (Å²) in [6.45, 7) is 2.58. The highest BCUT2D eigenvalue weighted by Gasteiger charge is 2.27. The van der Waals surface area contributed by atoms with Crippen molar-refractivity contribution in [3.8, 4) is 17.0 Å². The maximum atomic E-state index is 14.1. The van der Waals surface area contributed by atoms with E-state index in [1.54, 1.807) is 23.3 Å². The van der Waals surface area contributed by atoms with Gasteiger partial charge in [0.25, 0.3) is 0 Å². The van der Waals surface area contributed by atoms with Gasteiger partial charge in [-0.3, -0.25) is 9.36 Å². The minimum atomic E-state index is -0.896. The predicted octanol–water partition coefficient (Wildman–Crippen LogP) is 3.92. The lowest BCUT2D eigenvalue weighted by Crippen LogP contribution is -2.26. The smallest absolute Gasteiger partial charge is 0.167 e. The second-order valence-electron chi connectivity index (χ2n) is 9.32. The fourth-order valence-electron chi connectivity index (χ4n) is 4.82. The van der Waals surface area contributed by atoms with Crippen molar-refractivity contribution in [2.45, 2.75) is 57.4 Å². The summed E-state index contributed by atoms with van der Waals surface area (Å²) in [5.74, 6) is -0.494. The Morgan fingerprint density at radius 2 is 1.97 bits per heavy atom. The number of hydrogen-bond acceptors (Lipinski definition) is 7. The molecule has 3 N–H and O–H groups in total. The number of benzene rings is 1. The Morgan fingerprint density at radius 1 is 1.16 bits per heavy atom. The van der Waals surface area contributed by atoms with Crippen molar-refractivity contribution in [1.29, 1.82) is 0 Å². The van der Waals surface area contributed by atoms with Gasteiger partial charge in [-0.1, -0.05) is 0 Å². The molecule has 0 aliphatic heterocycles. The Morgan fingerprint density at radius 3 is 2.70 bits per heavy atom. The molecule has 4 aromatic rings. The zero-order valence-electron chi connectivity index (χ0n) is 20.5. The summed E-state index contributed by atoms with van der Waals surface area (Å²) >= 11 is 0. The van der Waals surface area contributed by atoms with Crippen LogP contribution in [-0.2, 0) is 6.54 Å². The van der Waals surface area contributed by atoms with Gasteiger partial charge in [0, 0.05) is 42.0 Å². The third-order valence-electron chi connectivity index (χ3n) is 6.64. The number of fused-ring (bicyclic) bond motifs is 1. The molecule has 5 rings (SSSR count). The third-order valence-corrected chi connectivity index (χ3v) is 6.64. The number of halogens is 2. The molecule has 0 unspecified atom stereocenters. The van der Waals surface area contributed by atoms with Gasteiger partial charge in [0.15, 0.2) is 11.6 Å². The molecule has 11 heteroatoms. The van der Waals surface area contributed by atoms with E-state index >= 15 is 0 Å². The van der Waals surface area contributed by atoms with Crippen molar-refractivity contribution in [1.82, 2.24) is 24.5 Å². The molecule has 1 aliphatic rings. The van der Waals surface area contributed by atoms with Crippen molar-refractivity contribution in [3.05, 3.63) is 54.5 Å². The molecule has 0 radical (unpaired) electrons. The molecule has 1 saturated carbocycles. The summed E-state index contributed by atoms with van der Waals surface area (Å²) in [5, 5.41) is 32.3. The Kier molecular flexibility index (Phi) is 7.33. The van der Waals surface area contributed by atoms with E-state index in [0.717, 1.165) is 53.4 Å². The SMILES string of the molecule is CCNc1cc2c(cn1)c(-c1cnn(C[C@H](O)CO)c1)nn2C1CCC(Oc2ccc(F)cc2F)CC1. The first-order valence-corrected chi connectivity index (χ1v) is 12.5. The van der Waals surface area contributed by atoms with E-state index in [4.69, 9.17) is 14.9 Å². The van der Waals surface area contributed by atoms with Crippen LogP contribution < -0.4 is 10.1 Å². The van der Waals surface area contributed by atoms with Crippen LogP contribution in [0.15, 0.2) is 42.9 Å². The van der Waals surface area contributed by atoms with Gasteiger partial charge >= 0.3 is 0 Å².